The third kappa shape index (κ3) is 11.1. The third-order valence-electron chi connectivity index (χ3n) is 25.3. The lowest BCUT2D eigenvalue weighted by Gasteiger charge is -2.26. The maximum Gasteiger partial charge on any atom is 0.0707 e. The first kappa shape index (κ1) is 67.3. The van der Waals surface area contributed by atoms with Gasteiger partial charge in [-0.1, -0.05) is 113 Å². The molecule has 4 spiro atoms. The molecule has 0 atom stereocenters. The Kier molecular flexibility index (Phi) is 17.0. The number of aryl methyl sites for hydroxylation is 11. The summed E-state index contributed by atoms with van der Waals surface area (Å²) < 4.78 is 0. The number of fused-ring (bicyclic) bond motifs is 20. The molecule has 20 rings (SSSR count). The molecule has 0 bridgehead atoms. The van der Waals surface area contributed by atoms with Gasteiger partial charge >= 0.3 is 0 Å². The van der Waals surface area contributed by atoms with Crippen molar-refractivity contribution in [3.63, 3.8) is 0 Å². The highest BCUT2D eigenvalue weighted by atomic mass is 14.8. The maximum atomic E-state index is 5.05. The molecule has 104 heavy (non-hydrogen) atoms. The molecule has 8 heteroatoms. The highest BCUT2D eigenvalue weighted by Gasteiger charge is 2.51. The lowest BCUT2D eigenvalue weighted by Crippen LogP contribution is -2.22. The predicted octanol–water partition coefficient (Wildman–Crippen LogP) is 23.6. The molecule has 4 aromatic carbocycles. The van der Waals surface area contributed by atoms with Gasteiger partial charge in [-0.3, -0.25) is 39.9 Å². The fourth-order valence-electron chi connectivity index (χ4n) is 20.1. The van der Waals surface area contributed by atoms with Gasteiger partial charge in [0.1, 0.15) is 0 Å². The van der Waals surface area contributed by atoms with Crippen LogP contribution in [0, 0.1) is 69.2 Å². The van der Waals surface area contributed by atoms with E-state index in [-0.39, 0.29) is 21.7 Å². The minimum absolute atomic E-state index is 0.138. The van der Waals surface area contributed by atoms with Crippen LogP contribution in [0.5, 0.6) is 0 Å². The number of nitrogens with zero attached hydrogens (tertiary/aromatic N) is 8. The van der Waals surface area contributed by atoms with Crippen LogP contribution in [-0.2, 0) is 28.1 Å². The van der Waals surface area contributed by atoms with Crippen LogP contribution in [0.15, 0.2) is 176 Å². The van der Waals surface area contributed by atoms with Crippen molar-refractivity contribution in [1.82, 2.24) is 39.9 Å². The predicted molar refractivity (Wildman–Crippen MR) is 425 cm³/mol. The molecule has 12 aromatic rings. The largest absolute Gasteiger partial charge is 0.257 e. The summed E-state index contributed by atoms with van der Waals surface area (Å²) >= 11 is 0. The van der Waals surface area contributed by atoms with E-state index in [1.807, 2.05) is 30.9 Å². The molecular weight excluding hydrogens is 1270 g/mol. The molecule has 0 N–H and O–H groups in total. The highest BCUT2D eigenvalue weighted by molar-refractivity contribution is 5.89. The van der Waals surface area contributed by atoms with Gasteiger partial charge in [0.25, 0.3) is 0 Å². The van der Waals surface area contributed by atoms with Crippen LogP contribution < -0.4 is 0 Å². The first-order valence-corrected chi connectivity index (χ1v) is 38.8. The van der Waals surface area contributed by atoms with Crippen LogP contribution in [0.3, 0.4) is 0 Å². The molecule has 520 valence electrons. The number of hydrogen-bond donors (Lipinski definition) is 0. The summed E-state index contributed by atoms with van der Waals surface area (Å²) in [4.78, 5) is 38.7. The van der Waals surface area contributed by atoms with E-state index in [9.17, 15) is 0 Å². The Morgan fingerprint density at radius 3 is 0.837 bits per heavy atom. The smallest absolute Gasteiger partial charge is 0.0707 e. The molecule has 4 saturated carbocycles. The number of pyridine rings is 8. The molecule has 8 aliphatic rings. The number of benzene rings is 4. The van der Waals surface area contributed by atoms with Crippen LogP contribution in [-0.4, -0.2) is 39.9 Å². The van der Waals surface area contributed by atoms with E-state index in [4.69, 9.17) is 19.9 Å². The van der Waals surface area contributed by atoms with Crippen LogP contribution >= 0.6 is 0 Å². The van der Waals surface area contributed by atoms with Gasteiger partial charge in [-0.05, 0) is 308 Å². The number of hydrogen-bond acceptors (Lipinski definition) is 8. The maximum absolute atomic E-state index is 5.05. The second-order valence-electron chi connectivity index (χ2n) is 32.0. The van der Waals surface area contributed by atoms with E-state index in [2.05, 4.69) is 242 Å². The highest BCUT2D eigenvalue weighted by Crippen LogP contribution is 2.61. The monoisotopic (exact) mass is 1360 g/mol. The molecule has 0 unspecified atom stereocenters. The van der Waals surface area contributed by atoms with E-state index in [0.717, 1.165) is 52.0 Å². The van der Waals surface area contributed by atoms with Crippen molar-refractivity contribution in [2.75, 3.05) is 0 Å². The fraction of sp³-hybridized carbons (Fsp3) is 0.333. The average molecular weight is 1360 g/mol. The summed E-state index contributed by atoms with van der Waals surface area (Å²) in [5.41, 5.74) is 45.5. The Balaban J connectivity index is 0.000000103. The van der Waals surface area contributed by atoms with E-state index < -0.39 is 0 Å². The molecule has 0 saturated heterocycles. The van der Waals surface area contributed by atoms with Gasteiger partial charge in [-0.2, -0.15) is 0 Å². The van der Waals surface area contributed by atoms with E-state index in [0.29, 0.717) is 0 Å². The van der Waals surface area contributed by atoms with Crippen molar-refractivity contribution in [3.05, 3.63) is 283 Å². The van der Waals surface area contributed by atoms with Gasteiger partial charge in [0.2, 0.25) is 0 Å². The molecule has 4 fully saturated rings. The van der Waals surface area contributed by atoms with Gasteiger partial charge in [-0.25, -0.2) is 0 Å². The van der Waals surface area contributed by atoms with Gasteiger partial charge in [0, 0.05) is 114 Å². The topological polar surface area (TPSA) is 103 Å². The van der Waals surface area contributed by atoms with Crippen LogP contribution in [0.2, 0.25) is 0 Å². The normalized spacial score (nSPS) is 16.7. The van der Waals surface area contributed by atoms with Gasteiger partial charge in [0.05, 0.1) is 45.6 Å². The van der Waals surface area contributed by atoms with Crippen molar-refractivity contribution >= 4 is 0 Å². The van der Waals surface area contributed by atoms with Gasteiger partial charge < -0.3 is 0 Å². The van der Waals surface area contributed by atoms with Crippen molar-refractivity contribution in [1.29, 1.82) is 0 Å². The minimum Gasteiger partial charge on any atom is -0.257 e. The quantitative estimate of drug-likeness (QED) is 0.168. The first-order valence-electron chi connectivity index (χ1n) is 38.8. The zero-order chi connectivity index (χ0) is 71.4. The Morgan fingerprint density at radius 2 is 0.548 bits per heavy atom. The minimum atomic E-state index is 0.138. The molecule has 0 radical (unpaired) electrons. The van der Waals surface area contributed by atoms with Crippen molar-refractivity contribution in [2.24, 2.45) is 0 Å². The number of aromatic nitrogens is 8. The second kappa shape index (κ2) is 26.3. The molecule has 8 aromatic heterocycles. The molecule has 8 heterocycles. The standard InChI is InChI=1S/C25H26N2.2C24H24N2.C23H22N2/c1-4-18-9-12-26-23(14-18)20-15-21-19-8-7-17(3)27-24(19)25(10-5-6-11-25)22(21)13-16(20)2;2*1-15-8-11-25-22(12-15)19-14-20-18-7-6-17(3)26-23(18)24(9-4-5-10-24)21(20)13-16(19)2;1-15-13-20-19(14-18(15)21-7-3-6-12-24-21)17-9-8-16(2)25-22(17)23(20)10-4-5-11-23/h7-9,12-15H,4-6,10-11H2,1-3H3;2*6-8,11-14H,4-5,9-10H2,1-3H3;3,6-9,12-14H,4-5,10-11H2,1-2H3. The summed E-state index contributed by atoms with van der Waals surface area (Å²) in [7, 11) is 0. The van der Waals surface area contributed by atoms with E-state index in [1.165, 1.54) is 253 Å². The average Bonchev–Trinajstić information content (AvgIpc) is 1.58. The SMILES string of the molecule is CCc1ccnc(-c2cc3c(cc2C)C2(CCCC2)c2nc(C)ccc2-3)c1.Cc1ccc2c(n1)C1(CCCC1)c1cc(C)c(-c3ccccn3)cc1-2.Cc1ccnc(-c2cc3c(cc2C)C2(CCCC2)c2nc(C)ccc2-3)c1.Cc1ccnc(-c2cc3c(cc2C)C2(CCCC2)c2nc(C)ccc2-3)c1. The summed E-state index contributed by atoms with van der Waals surface area (Å²) in [6.07, 6.45) is 28.9. The summed E-state index contributed by atoms with van der Waals surface area (Å²) in [5, 5.41) is 0. The summed E-state index contributed by atoms with van der Waals surface area (Å²) in [5.74, 6) is 0. The van der Waals surface area contributed by atoms with Crippen LogP contribution in [0.4, 0.5) is 0 Å². The Hall–Kier alpha value is -9.92. The zero-order valence-electron chi connectivity index (χ0n) is 62.8. The summed E-state index contributed by atoms with van der Waals surface area (Å²) in [6, 6.07) is 55.9. The summed E-state index contributed by atoms with van der Waals surface area (Å²) in [6.45, 7) is 23.8. The first-order chi connectivity index (χ1) is 50.5. The molecule has 0 amide bonds. The Morgan fingerprint density at radius 1 is 0.260 bits per heavy atom. The number of rotatable bonds is 5. The lowest BCUT2D eigenvalue weighted by molar-refractivity contribution is 0.532. The van der Waals surface area contributed by atoms with Gasteiger partial charge in [0.15, 0.2) is 0 Å². The van der Waals surface area contributed by atoms with Crippen LogP contribution in [0.1, 0.15) is 216 Å². The van der Waals surface area contributed by atoms with Crippen molar-refractivity contribution in [2.45, 2.75) is 207 Å². The lowest BCUT2D eigenvalue weighted by atomic mass is 9.78. The third-order valence-corrected chi connectivity index (χ3v) is 25.3. The van der Waals surface area contributed by atoms with E-state index >= 15 is 0 Å². The Bertz CT molecular complexity index is 5230. The molecule has 0 aliphatic heterocycles. The Labute approximate surface area is 615 Å². The molecule has 8 nitrogen and oxygen atoms in total. The zero-order valence-corrected chi connectivity index (χ0v) is 62.8. The second-order valence-corrected chi connectivity index (χ2v) is 32.0. The fourth-order valence-corrected chi connectivity index (χ4v) is 20.1. The van der Waals surface area contributed by atoms with Gasteiger partial charge in [-0.15, -0.1) is 0 Å². The van der Waals surface area contributed by atoms with Crippen molar-refractivity contribution in [3.8, 4) is 89.5 Å². The van der Waals surface area contributed by atoms with Crippen molar-refractivity contribution < 1.29 is 0 Å². The van der Waals surface area contributed by atoms with Crippen LogP contribution in [0.25, 0.3) is 89.5 Å². The van der Waals surface area contributed by atoms with E-state index in [1.54, 1.807) is 0 Å². The molecular formula is C96H96N8. The molecule has 8 aliphatic carbocycles.